The van der Waals surface area contributed by atoms with Crippen LogP contribution in [0.3, 0.4) is 0 Å². The zero-order valence-corrected chi connectivity index (χ0v) is 12.5. The molecule has 1 atom stereocenters. The maximum absolute atomic E-state index is 13.1. The van der Waals surface area contributed by atoms with Gasteiger partial charge < -0.3 is 15.7 Å². The summed E-state index contributed by atoms with van der Waals surface area (Å²) in [6, 6.07) is 12.0. The van der Waals surface area contributed by atoms with Crippen LogP contribution in [-0.2, 0) is 0 Å². The highest BCUT2D eigenvalue weighted by atomic mass is 35.5. The minimum absolute atomic E-state index is 0.143. The van der Waals surface area contributed by atoms with Gasteiger partial charge in [-0.05, 0) is 29.3 Å². The number of amides is 2. The van der Waals surface area contributed by atoms with Crippen molar-refractivity contribution < 1.29 is 14.3 Å². The zero-order chi connectivity index (χ0) is 15.9. The largest absolute Gasteiger partial charge is 0.395 e. The Morgan fingerprint density at radius 3 is 2.50 bits per heavy atom. The van der Waals surface area contributed by atoms with Gasteiger partial charge in [-0.25, -0.2) is 9.18 Å². The van der Waals surface area contributed by atoms with E-state index in [1.807, 2.05) is 6.07 Å². The molecule has 2 rings (SSSR count). The van der Waals surface area contributed by atoms with Gasteiger partial charge in [-0.3, -0.25) is 0 Å². The molecule has 116 valence electrons. The second-order valence-corrected chi connectivity index (χ2v) is 5.04. The second kappa shape index (κ2) is 7.77. The number of aliphatic hydroxyl groups excluding tert-OH is 1. The van der Waals surface area contributed by atoms with Crippen LogP contribution >= 0.6 is 11.6 Å². The number of hydrogen-bond acceptors (Lipinski definition) is 2. The predicted molar refractivity (Wildman–Crippen MR) is 83.3 cm³/mol. The van der Waals surface area contributed by atoms with Crippen LogP contribution in [0.15, 0.2) is 48.5 Å². The summed E-state index contributed by atoms with van der Waals surface area (Å²) in [4.78, 5) is 11.9. The van der Waals surface area contributed by atoms with E-state index in [2.05, 4.69) is 10.6 Å². The molecular weight excluding hydrogens is 307 g/mol. The van der Waals surface area contributed by atoms with Crippen molar-refractivity contribution >= 4 is 17.6 Å². The molecule has 2 aromatic rings. The Morgan fingerprint density at radius 2 is 1.86 bits per heavy atom. The van der Waals surface area contributed by atoms with Crippen molar-refractivity contribution in [2.45, 2.75) is 6.04 Å². The number of aliphatic hydroxyl groups is 1. The van der Waals surface area contributed by atoms with Crippen molar-refractivity contribution in [1.82, 2.24) is 10.6 Å². The summed E-state index contributed by atoms with van der Waals surface area (Å²) in [6.07, 6.45) is 0. The van der Waals surface area contributed by atoms with E-state index in [0.717, 1.165) is 0 Å². The van der Waals surface area contributed by atoms with Crippen LogP contribution in [0.1, 0.15) is 17.2 Å². The normalized spacial score (nSPS) is 11.8. The molecule has 0 saturated heterocycles. The standard InChI is InChI=1S/C16H16ClFN2O2/c17-14-4-2-1-3-13(14)15(20-16(22)19-9-10-21)11-5-7-12(18)8-6-11/h1-8,15,21H,9-10H2,(H2,19,20,22)/t15-/m1/s1. The number of urea groups is 1. The maximum atomic E-state index is 13.1. The molecule has 0 radical (unpaired) electrons. The third-order valence-electron chi connectivity index (χ3n) is 3.09. The fourth-order valence-electron chi connectivity index (χ4n) is 2.06. The SMILES string of the molecule is O=C(NCCO)N[C@H](c1ccc(F)cc1)c1ccccc1Cl. The summed E-state index contributed by atoms with van der Waals surface area (Å²) in [6.45, 7) is -0.00871. The van der Waals surface area contributed by atoms with Crippen LogP contribution in [0.5, 0.6) is 0 Å². The van der Waals surface area contributed by atoms with Gasteiger partial charge in [0.1, 0.15) is 5.82 Å². The molecule has 0 aliphatic rings. The number of carbonyl (C=O) groups excluding carboxylic acids is 1. The number of hydrogen-bond donors (Lipinski definition) is 3. The summed E-state index contributed by atoms with van der Waals surface area (Å²) in [5, 5.41) is 14.5. The number of halogens is 2. The van der Waals surface area contributed by atoms with Crippen LogP contribution in [0.2, 0.25) is 5.02 Å². The van der Waals surface area contributed by atoms with Gasteiger partial charge in [0, 0.05) is 11.6 Å². The van der Waals surface area contributed by atoms with Gasteiger partial charge in [0.15, 0.2) is 0 Å². The quantitative estimate of drug-likeness (QED) is 0.792. The molecule has 0 aliphatic carbocycles. The minimum Gasteiger partial charge on any atom is -0.395 e. The lowest BCUT2D eigenvalue weighted by molar-refractivity contribution is 0.232. The molecule has 2 amide bonds. The van der Waals surface area contributed by atoms with Gasteiger partial charge in [0.25, 0.3) is 0 Å². The summed E-state index contributed by atoms with van der Waals surface area (Å²) in [7, 11) is 0. The highest BCUT2D eigenvalue weighted by Crippen LogP contribution is 2.28. The number of rotatable bonds is 5. The number of carbonyl (C=O) groups is 1. The first-order chi connectivity index (χ1) is 10.6. The monoisotopic (exact) mass is 322 g/mol. The van der Waals surface area contributed by atoms with Gasteiger partial charge in [0.05, 0.1) is 12.6 Å². The molecule has 4 nitrogen and oxygen atoms in total. The predicted octanol–water partition coefficient (Wildman–Crippen LogP) is 2.86. The Kier molecular flexibility index (Phi) is 5.75. The van der Waals surface area contributed by atoms with E-state index in [9.17, 15) is 9.18 Å². The van der Waals surface area contributed by atoms with Crippen molar-refractivity contribution in [1.29, 1.82) is 0 Å². The lowest BCUT2D eigenvalue weighted by Gasteiger charge is -2.21. The smallest absolute Gasteiger partial charge is 0.315 e. The average Bonchev–Trinajstić information content (AvgIpc) is 2.52. The van der Waals surface area contributed by atoms with E-state index < -0.39 is 12.1 Å². The Bertz CT molecular complexity index is 634. The Labute approximate surface area is 132 Å². The van der Waals surface area contributed by atoms with Crippen LogP contribution in [0, 0.1) is 5.82 Å². The summed E-state index contributed by atoms with van der Waals surface area (Å²) in [5.74, 6) is -0.355. The van der Waals surface area contributed by atoms with Crippen molar-refractivity contribution in [2.24, 2.45) is 0 Å². The molecule has 0 aliphatic heterocycles. The fourth-order valence-corrected chi connectivity index (χ4v) is 2.30. The Balaban J connectivity index is 2.30. The molecule has 0 spiro atoms. The highest BCUT2D eigenvalue weighted by molar-refractivity contribution is 6.31. The molecule has 6 heteroatoms. The van der Waals surface area contributed by atoms with Gasteiger partial charge in [-0.1, -0.05) is 41.9 Å². The molecule has 0 aromatic heterocycles. The van der Waals surface area contributed by atoms with Gasteiger partial charge in [-0.2, -0.15) is 0 Å². The molecular formula is C16H16ClFN2O2. The van der Waals surface area contributed by atoms with Crippen molar-refractivity contribution in [2.75, 3.05) is 13.2 Å². The average molecular weight is 323 g/mol. The Morgan fingerprint density at radius 1 is 1.18 bits per heavy atom. The first kappa shape index (κ1) is 16.3. The van der Waals surface area contributed by atoms with Crippen molar-refractivity contribution in [3.8, 4) is 0 Å². The topological polar surface area (TPSA) is 61.4 Å². The lowest BCUT2D eigenvalue weighted by Crippen LogP contribution is -2.39. The number of benzene rings is 2. The molecule has 0 saturated carbocycles. The maximum Gasteiger partial charge on any atom is 0.315 e. The van der Waals surface area contributed by atoms with Crippen LogP contribution in [-0.4, -0.2) is 24.3 Å². The molecule has 22 heavy (non-hydrogen) atoms. The van der Waals surface area contributed by atoms with Crippen molar-refractivity contribution in [3.05, 3.63) is 70.5 Å². The van der Waals surface area contributed by atoms with Crippen LogP contribution < -0.4 is 10.6 Å². The van der Waals surface area contributed by atoms with Gasteiger partial charge >= 0.3 is 6.03 Å². The van der Waals surface area contributed by atoms with Crippen molar-refractivity contribution in [3.63, 3.8) is 0 Å². The van der Waals surface area contributed by atoms with E-state index in [1.165, 1.54) is 12.1 Å². The van der Waals surface area contributed by atoms with Crippen LogP contribution in [0.4, 0.5) is 9.18 Å². The second-order valence-electron chi connectivity index (χ2n) is 4.63. The third-order valence-corrected chi connectivity index (χ3v) is 3.44. The van der Waals surface area contributed by atoms with E-state index in [1.54, 1.807) is 30.3 Å². The Hall–Kier alpha value is -2.11. The van der Waals surface area contributed by atoms with E-state index in [4.69, 9.17) is 16.7 Å². The molecule has 0 bridgehead atoms. The molecule has 0 unspecified atom stereocenters. The lowest BCUT2D eigenvalue weighted by atomic mass is 9.98. The molecule has 2 aromatic carbocycles. The summed E-state index contributed by atoms with van der Waals surface area (Å²) >= 11 is 6.20. The summed E-state index contributed by atoms with van der Waals surface area (Å²) in [5.41, 5.74) is 1.41. The van der Waals surface area contributed by atoms with Gasteiger partial charge in [-0.15, -0.1) is 0 Å². The van der Waals surface area contributed by atoms with E-state index >= 15 is 0 Å². The third kappa shape index (κ3) is 4.19. The van der Waals surface area contributed by atoms with Gasteiger partial charge in [0.2, 0.25) is 0 Å². The fraction of sp³-hybridized carbons (Fsp3) is 0.188. The molecule has 0 fully saturated rings. The van der Waals surface area contributed by atoms with E-state index in [-0.39, 0.29) is 19.0 Å². The molecule has 3 N–H and O–H groups in total. The summed E-state index contributed by atoms with van der Waals surface area (Å²) < 4.78 is 13.1. The highest BCUT2D eigenvalue weighted by Gasteiger charge is 2.19. The van der Waals surface area contributed by atoms with Crippen LogP contribution in [0.25, 0.3) is 0 Å². The number of nitrogens with one attached hydrogen (secondary N) is 2. The zero-order valence-electron chi connectivity index (χ0n) is 11.7. The van der Waals surface area contributed by atoms with E-state index in [0.29, 0.717) is 16.1 Å². The molecule has 0 heterocycles. The minimum atomic E-state index is -0.520. The first-order valence-electron chi connectivity index (χ1n) is 6.77. The first-order valence-corrected chi connectivity index (χ1v) is 7.14.